The Balaban J connectivity index is 1.34. The van der Waals surface area contributed by atoms with E-state index in [-0.39, 0.29) is 0 Å². The molecule has 0 spiro atoms. The summed E-state index contributed by atoms with van der Waals surface area (Å²) < 4.78 is 5.87. The number of nitrogens with one attached hydrogen (secondary N) is 2. The molecular formula is C27H30N8O. The van der Waals surface area contributed by atoms with E-state index in [0.717, 1.165) is 70.1 Å². The van der Waals surface area contributed by atoms with Crippen molar-refractivity contribution in [1.29, 1.82) is 0 Å². The van der Waals surface area contributed by atoms with E-state index in [1.54, 1.807) is 6.20 Å². The molecule has 0 saturated carbocycles. The molecule has 6 rings (SSSR count). The Morgan fingerprint density at radius 3 is 2.81 bits per heavy atom. The third kappa shape index (κ3) is 4.37. The van der Waals surface area contributed by atoms with Gasteiger partial charge in [0.2, 0.25) is 0 Å². The van der Waals surface area contributed by atoms with E-state index in [1.165, 1.54) is 24.9 Å². The number of aromatic amines is 2. The molecule has 1 saturated heterocycles. The maximum absolute atomic E-state index is 5.87. The predicted molar refractivity (Wildman–Crippen MR) is 142 cm³/mol. The van der Waals surface area contributed by atoms with Crippen LogP contribution >= 0.6 is 0 Å². The molecule has 1 aliphatic heterocycles. The van der Waals surface area contributed by atoms with Crippen molar-refractivity contribution < 1.29 is 4.74 Å². The second-order valence-corrected chi connectivity index (χ2v) is 9.55. The lowest BCUT2D eigenvalue weighted by Gasteiger charge is -2.29. The fourth-order valence-corrected chi connectivity index (χ4v) is 4.78. The number of likely N-dealkylation sites (N-methyl/N-ethyl adjacent to an activating group) is 1. The zero-order valence-corrected chi connectivity index (χ0v) is 20.7. The molecule has 9 nitrogen and oxygen atoms in total. The molecule has 0 amide bonds. The number of hydrogen-bond acceptors (Lipinski definition) is 7. The van der Waals surface area contributed by atoms with E-state index >= 15 is 0 Å². The van der Waals surface area contributed by atoms with Gasteiger partial charge in [0.25, 0.3) is 0 Å². The molecule has 0 unspecified atom stereocenters. The van der Waals surface area contributed by atoms with E-state index in [0.29, 0.717) is 6.61 Å². The van der Waals surface area contributed by atoms with Gasteiger partial charge in [-0.3, -0.25) is 10.1 Å². The third-order valence-corrected chi connectivity index (χ3v) is 6.68. The standard InChI is InChI=1S/C27H30N8O/c1-34(2)12-13-36-19-14-18(16-28-17-19)21-6-7-22-25(30-21)26(33-32-22)23-15-20-24(8-9-29-27(20)31-23)35-10-4-3-5-11-35/h6-9,14-17H,3-5,10-13H2,1-2H3,(H,29,31)(H,32,33). The first-order valence-corrected chi connectivity index (χ1v) is 12.5. The summed E-state index contributed by atoms with van der Waals surface area (Å²) in [5.41, 5.74) is 7.18. The number of rotatable bonds is 7. The summed E-state index contributed by atoms with van der Waals surface area (Å²) in [7, 11) is 4.05. The Morgan fingerprint density at radius 2 is 1.94 bits per heavy atom. The Morgan fingerprint density at radius 1 is 1.06 bits per heavy atom. The first-order chi connectivity index (χ1) is 17.7. The average molecular weight is 483 g/mol. The van der Waals surface area contributed by atoms with Crippen molar-refractivity contribution in [2.45, 2.75) is 19.3 Å². The van der Waals surface area contributed by atoms with E-state index < -0.39 is 0 Å². The van der Waals surface area contributed by atoms with E-state index in [1.807, 2.05) is 44.7 Å². The van der Waals surface area contributed by atoms with Crippen LogP contribution in [0.3, 0.4) is 0 Å². The molecule has 1 fully saturated rings. The zero-order chi connectivity index (χ0) is 24.5. The summed E-state index contributed by atoms with van der Waals surface area (Å²) in [5, 5.41) is 8.86. The molecule has 9 heteroatoms. The van der Waals surface area contributed by atoms with Crippen LogP contribution < -0.4 is 9.64 Å². The molecule has 0 radical (unpaired) electrons. The highest BCUT2D eigenvalue weighted by molar-refractivity contribution is 5.97. The normalized spacial score (nSPS) is 14.2. The lowest BCUT2D eigenvalue weighted by molar-refractivity contribution is 0.261. The van der Waals surface area contributed by atoms with Gasteiger partial charge in [0, 0.05) is 48.7 Å². The van der Waals surface area contributed by atoms with Crippen LogP contribution in [0.4, 0.5) is 5.69 Å². The zero-order valence-electron chi connectivity index (χ0n) is 20.7. The molecule has 1 aliphatic rings. The van der Waals surface area contributed by atoms with Gasteiger partial charge in [-0.05, 0) is 63.7 Å². The number of fused-ring (bicyclic) bond motifs is 2. The molecule has 0 aliphatic carbocycles. The molecule has 5 aromatic heterocycles. The van der Waals surface area contributed by atoms with E-state index in [2.05, 4.69) is 47.1 Å². The summed E-state index contributed by atoms with van der Waals surface area (Å²) in [5.74, 6) is 0.732. The third-order valence-electron chi connectivity index (χ3n) is 6.68. The largest absolute Gasteiger partial charge is 0.491 e. The number of pyridine rings is 3. The number of anilines is 1. The molecule has 5 aromatic rings. The fraction of sp³-hybridized carbons (Fsp3) is 0.333. The van der Waals surface area contributed by atoms with Gasteiger partial charge in [0.1, 0.15) is 29.2 Å². The summed E-state index contributed by atoms with van der Waals surface area (Å²) in [6, 6.07) is 10.2. The molecule has 0 aromatic carbocycles. The first kappa shape index (κ1) is 22.5. The molecule has 0 atom stereocenters. The fourth-order valence-electron chi connectivity index (χ4n) is 4.78. The number of H-pyrrole nitrogens is 2. The van der Waals surface area contributed by atoms with Gasteiger partial charge in [-0.1, -0.05) is 0 Å². The summed E-state index contributed by atoms with van der Waals surface area (Å²) in [4.78, 5) is 21.9. The van der Waals surface area contributed by atoms with Crippen molar-refractivity contribution in [1.82, 2.24) is 35.0 Å². The monoisotopic (exact) mass is 482 g/mol. The minimum absolute atomic E-state index is 0.601. The van der Waals surface area contributed by atoms with Gasteiger partial charge in [0.15, 0.2) is 0 Å². The summed E-state index contributed by atoms with van der Waals surface area (Å²) in [6.45, 7) is 3.61. The number of nitrogens with zero attached hydrogens (tertiary/aromatic N) is 6. The highest BCUT2D eigenvalue weighted by Crippen LogP contribution is 2.33. The number of piperidine rings is 1. The van der Waals surface area contributed by atoms with Crippen molar-refractivity contribution in [3.63, 3.8) is 0 Å². The number of aromatic nitrogens is 6. The molecular weight excluding hydrogens is 452 g/mol. The summed E-state index contributed by atoms with van der Waals surface area (Å²) >= 11 is 0. The maximum atomic E-state index is 5.87. The highest BCUT2D eigenvalue weighted by atomic mass is 16.5. The lowest BCUT2D eigenvalue weighted by atomic mass is 10.1. The van der Waals surface area contributed by atoms with Crippen molar-refractivity contribution >= 4 is 27.8 Å². The van der Waals surface area contributed by atoms with Gasteiger partial charge < -0.3 is 19.5 Å². The van der Waals surface area contributed by atoms with Crippen LogP contribution in [0.1, 0.15) is 19.3 Å². The van der Waals surface area contributed by atoms with Crippen molar-refractivity contribution in [3.8, 4) is 28.4 Å². The molecule has 2 N–H and O–H groups in total. The van der Waals surface area contributed by atoms with Crippen LogP contribution in [0, 0.1) is 0 Å². The van der Waals surface area contributed by atoms with Crippen LogP contribution in [-0.4, -0.2) is 75.4 Å². The van der Waals surface area contributed by atoms with Crippen LogP contribution in [0.15, 0.2) is 48.9 Å². The van der Waals surface area contributed by atoms with Gasteiger partial charge in [-0.25, -0.2) is 9.97 Å². The maximum Gasteiger partial charge on any atom is 0.139 e. The van der Waals surface area contributed by atoms with Crippen LogP contribution in [0.2, 0.25) is 0 Å². The molecule has 36 heavy (non-hydrogen) atoms. The topological polar surface area (TPSA) is 98.9 Å². The van der Waals surface area contributed by atoms with Crippen LogP contribution in [-0.2, 0) is 0 Å². The highest BCUT2D eigenvalue weighted by Gasteiger charge is 2.18. The van der Waals surface area contributed by atoms with Crippen molar-refractivity contribution in [2.24, 2.45) is 0 Å². The summed E-state index contributed by atoms with van der Waals surface area (Å²) in [6.07, 6.45) is 9.19. The minimum atomic E-state index is 0.601. The first-order valence-electron chi connectivity index (χ1n) is 12.5. The van der Waals surface area contributed by atoms with Crippen molar-refractivity contribution in [2.75, 3.05) is 45.2 Å². The number of hydrogen-bond donors (Lipinski definition) is 2. The van der Waals surface area contributed by atoms with Crippen LogP contribution in [0.25, 0.3) is 44.7 Å². The Labute approximate surface area is 209 Å². The van der Waals surface area contributed by atoms with Gasteiger partial charge in [0.05, 0.1) is 23.1 Å². The second-order valence-electron chi connectivity index (χ2n) is 9.55. The Kier molecular flexibility index (Phi) is 5.98. The number of ether oxygens (including phenoxy) is 1. The van der Waals surface area contributed by atoms with E-state index in [9.17, 15) is 0 Å². The van der Waals surface area contributed by atoms with Crippen molar-refractivity contribution in [3.05, 3.63) is 48.9 Å². The molecule has 184 valence electrons. The SMILES string of the molecule is CN(C)CCOc1cncc(-c2ccc3[nH]nc(-c4cc5c(N6CCCCC6)ccnc5[nH]4)c3n2)c1. The smallest absolute Gasteiger partial charge is 0.139 e. The Hall–Kier alpha value is -3.98. The second kappa shape index (κ2) is 9.58. The molecule has 0 bridgehead atoms. The predicted octanol–water partition coefficient (Wildman–Crippen LogP) is 4.49. The average Bonchev–Trinajstić information content (AvgIpc) is 3.53. The minimum Gasteiger partial charge on any atom is -0.491 e. The molecule has 6 heterocycles. The van der Waals surface area contributed by atoms with Gasteiger partial charge in [-0.15, -0.1) is 0 Å². The quantitative estimate of drug-likeness (QED) is 0.353. The van der Waals surface area contributed by atoms with Gasteiger partial charge in [-0.2, -0.15) is 5.10 Å². The lowest BCUT2D eigenvalue weighted by Crippen LogP contribution is -2.29. The van der Waals surface area contributed by atoms with Gasteiger partial charge >= 0.3 is 0 Å². The Bertz CT molecular complexity index is 1500. The van der Waals surface area contributed by atoms with Crippen LogP contribution in [0.5, 0.6) is 5.75 Å². The van der Waals surface area contributed by atoms with E-state index in [4.69, 9.17) is 9.72 Å².